The molecule has 1 heterocycles. The van der Waals surface area contributed by atoms with Gasteiger partial charge in [-0.25, -0.2) is 8.78 Å². The van der Waals surface area contributed by atoms with Crippen LogP contribution >= 0.6 is 0 Å². The molecule has 1 aromatic carbocycles. The molecule has 1 aliphatic heterocycles. The van der Waals surface area contributed by atoms with Crippen molar-refractivity contribution < 1.29 is 13.9 Å². The number of rotatable bonds is 4. The van der Waals surface area contributed by atoms with Crippen LogP contribution in [0.2, 0.25) is 0 Å². The predicted octanol–water partition coefficient (Wildman–Crippen LogP) is 3.13. The summed E-state index contributed by atoms with van der Waals surface area (Å²) in [5, 5.41) is 10.7. The van der Waals surface area contributed by atoms with Crippen molar-refractivity contribution in [2.45, 2.75) is 44.6 Å². The van der Waals surface area contributed by atoms with E-state index in [0.29, 0.717) is 12.8 Å². The van der Waals surface area contributed by atoms with Gasteiger partial charge in [0.2, 0.25) is 0 Å². The zero-order valence-corrected chi connectivity index (χ0v) is 12.0. The van der Waals surface area contributed by atoms with E-state index in [0.717, 1.165) is 32.5 Å². The third-order valence-electron chi connectivity index (χ3n) is 4.12. The topological polar surface area (TPSA) is 23.5 Å². The van der Waals surface area contributed by atoms with Crippen LogP contribution in [0.15, 0.2) is 18.2 Å². The molecule has 0 aromatic heterocycles. The van der Waals surface area contributed by atoms with Crippen molar-refractivity contribution in [1.29, 1.82) is 0 Å². The minimum absolute atomic E-state index is 0.0129. The lowest BCUT2D eigenvalue weighted by Gasteiger charge is -2.27. The highest BCUT2D eigenvalue weighted by Crippen LogP contribution is 2.28. The molecule has 2 nitrogen and oxygen atoms in total. The first-order valence-electron chi connectivity index (χ1n) is 7.42. The summed E-state index contributed by atoms with van der Waals surface area (Å²) in [6.45, 7) is 4.90. The Labute approximate surface area is 119 Å². The van der Waals surface area contributed by atoms with Gasteiger partial charge in [-0.1, -0.05) is 13.0 Å². The fourth-order valence-electron chi connectivity index (χ4n) is 2.98. The van der Waals surface area contributed by atoms with Crippen LogP contribution in [0.5, 0.6) is 0 Å². The van der Waals surface area contributed by atoms with E-state index in [9.17, 15) is 13.9 Å². The van der Waals surface area contributed by atoms with Crippen LogP contribution in [0.4, 0.5) is 8.78 Å². The first-order valence-corrected chi connectivity index (χ1v) is 7.42. The minimum Gasteiger partial charge on any atom is -0.389 e. The fraction of sp³-hybridized carbons (Fsp3) is 0.625. The van der Waals surface area contributed by atoms with Crippen LogP contribution in [-0.4, -0.2) is 35.2 Å². The average molecular weight is 283 g/mol. The Morgan fingerprint density at radius 2 is 1.90 bits per heavy atom. The number of hydrogen-bond acceptors (Lipinski definition) is 2. The molecule has 1 fully saturated rings. The number of nitrogens with zero attached hydrogens (tertiary/aromatic N) is 1. The molecule has 1 aromatic rings. The highest BCUT2D eigenvalue weighted by molar-refractivity contribution is 5.21. The van der Waals surface area contributed by atoms with Crippen molar-refractivity contribution >= 4 is 0 Å². The summed E-state index contributed by atoms with van der Waals surface area (Å²) >= 11 is 0. The number of benzene rings is 1. The quantitative estimate of drug-likeness (QED) is 0.917. The predicted molar refractivity (Wildman–Crippen MR) is 75.6 cm³/mol. The van der Waals surface area contributed by atoms with Gasteiger partial charge in [0.05, 0.1) is 5.60 Å². The molecule has 0 radical (unpaired) electrons. The first-order chi connectivity index (χ1) is 9.54. The van der Waals surface area contributed by atoms with Crippen molar-refractivity contribution in [1.82, 2.24) is 4.90 Å². The Bertz CT molecular complexity index is 432. The van der Waals surface area contributed by atoms with E-state index in [2.05, 4.69) is 11.8 Å². The Kier molecular flexibility index (Phi) is 5.11. The van der Waals surface area contributed by atoms with E-state index < -0.39 is 17.2 Å². The average Bonchev–Trinajstić information content (AvgIpc) is 2.58. The van der Waals surface area contributed by atoms with Crippen molar-refractivity contribution in [3.63, 3.8) is 0 Å². The summed E-state index contributed by atoms with van der Waals surface area (Å²) in [7, 11) is 0. The standard InChI is InChI=1S/C16H23F2NO/c1-2-9-19-10-4-7-16(20,8-11-19)12-13-14(17)5-3-6-15(13)18/h3,5-6,20H,2,4,7-12H2,1H3. The molecule has 0 bridgehead atoms. The maximum absolute atomic E-state index is 13.7. The van der Waals surface area contributed by atoms with Gasteiger partial charge in [0.15, 0.2) is 0 Å². The summed E-state index contributed by atoms with van der Waals surface area (Å²) in [5.74, 6) is -1.12. The normalized spacial score (nSPS) is 24.6. The van der Waals surface area contributed by atoms with Gasteiger partial charge in [-0.2, -0.15) is 0 Å². The first kappa shape index (κ1) is 15.4. The van der Waals surface area contributed by atoms with Crippen LogP contribution < -0.4 is 0 Å². The van der Waals surface area contributed by atoms with E-state index in [1.807, 2.05) is 0 Å². The largest absolute Gasteiger partial charge is 0.389 e. The molecular formula is C16H23F2NO. The highest BCUT2D eigenvalue weighted by Gasteiger charge is 2.32. The van der Waals surface area contributed by atoms with Gasteiger partial charge in [-0.3, -0.25) is 0 Å². The molecule has 0 amide bonds. The SMILES string of the molecule is CCCN1CCCC(O)(Cc2c(F)cccc2F)CC1. The molecule has 112 valence electrons. The smallest absolute Gasteiger partial charge is 0.129 e. The lowest BCUT2D eigenvalue weighted by molar-refractivity contribution is 0.0241. The third-order valence-corrected chi connectivity index (χ3v) is 4.12. The maximum Gasteiger partial charge on any atom is 0.129 e. The van der Waals surface area contributed by atoms with Gasteiger partial charge in [0.1, 0.15) is 11.6 Å². The van der Waals surface area contributed by atoms with E-state index >= 15 is 0 Å². The van der Waals surface area contributed by atoms with Gasteiger partial charge < -0.3 is 10.0 Å². The van der Waals surface area contributed by atoms with Gasteiger partial charge in [-0.05, 0) is 50.9 Å². The number of aliphatic hydroxyl groups is 1. The summed E-state index contributed by atoms with van der Waals surface area (Å²) in [6.07, 6.45) is 3.18. The van der Waals surface area contributed by atoms with Crippen LogP contribution in [0, 0.1) is 11.6 Å². The van der Waals surface area contributed by atoms with Crippen molar-refractivity contribution in [3.05, 3.63) is 35.4 Å². The van der Waals surface area contributed by atoms with Gasteiger partial charge in [-0.15, -0.1) is 0 Å². The summed E-state index contributed by atoms with van der Waals surface area (Å²) in [4.78, 5) is 2.32. The summed E-state index contributed by atoms with van der Waals surface area (Å²) < 4.78 is 27.4. The molecule has 1 aliphatic rings. The highest BCUT2D eigenvalue weighted by atomic mass is 19.1. The van der Waals surface area contributed by atoms with Crippen LogP contribution in [-0.2, 0) is 6.42 Å². The molecule has 20 heavy (non-hydrogen) atoms. The summed E-state index contributed by atoms with van der Waals surface area (Å²) in [5.41, 5.74) is -0.982. The molecule has 1 N–H and O–H groups in total. The lowest BCUT2D eigenvalue weighted by Crippen LogP contribution is -2.34. The molecule has 0 spiro atoms. The number of halogens is 2. The zero-order valence-electron chi connectivity index (χ0n) is 12.0. The summed E-state index contributed by atoms with van der Waals surface area (Å²) in [6, 6.07) is 3.86. The van der Waals surface area contributed by atoms with Crippen molar-refractivity contribution in [3.8, 4) is 0 Å². The van der Waals surface area contributed by atoms with Gasteiger partial charge in [0.25, 0.3) is 0 Å². The van der Waals surface area contributed by atoms with E-state index in [-0.39, 0.29) is 12.0 Å². The third kappa shape index (κ3) is 3.76. The Morgan fingerprint density at radius 1 is 1.20 bits per heavy atom. The van der Waals surface area contributed by atoms with Crippen LogP contribution in [0.1, 0.15) is 38.2 Å². The monoisotopic (exact) mass is 283 g/mol. The second-order valence-electron chi connectivity index (χ2n) is 5.80. The Morgan fingerprint density at radius 3 is 2.55 bits per heavy atom. The minimum atomic E-state index is -0.995. The molecule has 0 saturated carbocycles. The second-order valence-corrected chi connectivity index (χ2v) is 5.80. The lowest BCUT2D eigenvalue weighted by atomic mass is 9.87. The molecule has 0 aliphatic carbocycles. The Balaban J connectivity index is 2.07. The molecule has 1 saturated heterocycles. The van der Waals surface area contributed by atoms with Crippen LogP contribution in [0.25, 0.3) is 0 Å². The zero-order chi connectivity index (χ0) is 14.6. The van der Waals surface area contributed by atoms with Crippen molar-refractivity contribution in [2.75, 3.05) is 19.6 Å². The van der Waals surface area contributed by atoms with E-state index in [4.69, 9.17) is 0 Å². The van der Waals surface area contributed by atoms with E-state index in [1.165, 1.54) is 18.2 Å². The number of likely N-dealkylation sites (tertiary alicyclic amines) is 1. The fourth-order valence-corrected chi connectivity index (χ4v) is 2.98. The maximum atomic E-state index is 13.7. The number of hydrogen-bond donors (Lipinski definition) is 1. The molecule has 1 unspecified atom stereocenters. The van der Waals surface area contributed by atoms with E-state index in [1.54, 1.807) is 0 Å². The molecule has 1 atom stereocenters. The second kappa shape index (κ2) is 6.64. The van der Waals surface area contributed by atoms with Gasteiger partial charge >= 0.3 is 0 Å². The van der Waals surface area contributed by atoms with Crippen molar-refractivity contribution in [2.24, 2.45) is 0 Å². The Hall–Kier alpha value is -1.00. The van der Waals surface area contributed by atoms with Gasteiger partial charge in [0, 0.05) is 18.5 Å². The molecule has 2 rings (SSSR count). The molecule has 4 heteroatoms. The van der Waals surface area contributed by atoms with Crippen LogP contribution in [0.3, 0.4) is 0 Å². The molecular weight excluding hydrogens is 260 g/mol.